The predicted octanol–water partition coefficient (Wildman–Crippen LogP) is 9.45. The third-order valence-electron chi connectivity index (χ3n) is 7.79. The largest absolute Gasteiger partial charge is 0.507 e. The van der Waals surface area contributed by atoms with Crippen LogP contribution in [0.3, 0.4) is 0 Å². The van der Waals surface area contributed by atoms with Gasteiger partial charge in [-0.05, 0) is 71.6 Å². The maximum absolute atomic E-state index is 11.7. The van der Waals surface area contributed by atoms with Crippen LogP contribution in [0, 0.1) is 0 Å². The Balaban J connectivity index is 2.69. The lowest BCUT2D eigenvalue weighted by Gasteiger charge is -2.29. The molecule has 38 heavy (non-hydrogen) atoms. The van der Waals surface area contributed by atoms with Gasteiger partial charge in [0, 0.05) is 23.7 Å². The van der Waals surface area contributed by atoms with E-state index < -0.39 is 0 Å². The summed E-state index contributed by atoms with van der Waals surface area (Å²) >= 11 is 0. The fourth-order valence-electron chi connectivity index (χ4n) is 5.54. The van der Waals surface area contributed by atoms with Crippen molar-refractivity contribution in [1.82, 2.24) is 0 Å². The minimum Gasteiger partial charge on any atom is -0.507 e. The molecule has 0 fully saturated rings. The Kier molecular flexibility index (Phi) is 12.2. The van der Waals surface area contributed by atoms with Gasteiger partial charge in [0.25, 0.3) is 0 Å². The number of rotatable bonds is 14. The van der Waals surface area contributed by atoms with Crippen LogP contribution in [-0.4, -0.2) is 21.9 Å². The molecule has 0 radical (unpaired) electrons. The Labute approximate surface area is 233 Å². The van der Waals surface area contributed by atoms with E-state index in [2.05, 4.69) is 79.7 Å². The third-order valence-corrected chi connectivity index (χ3v) is 7.79. The fourth-order valence-corrected chi connectivity index (χ4v) is 5.54. The van der Waals surface area contributed by atoms with Crippen LogP contribution in [0.15, 0.2) is 24.3 Å². The highest BCUT2D eigenvalue weighted by Crippen LogP contribution is 2.46. The molecule has 0 saturated carbocycles. The van der Waals surface area contributed by atoms with Crippen molar-refractivity contribution in [1.29, 1.82) is 0 Å². The first-order chi connectivity index (χ1) is 17.8. The van der Waals surface area contributed by atoms with Crippen molar-refractivity contribution in [3.63, 3.8) is 0 Å². The number of phenols is 2. The summed E-state index contributed by atoms with van der Waals surface area (Å²) in [4.78, 5) is 0. The summed E-state index contributed by atoms with van der Waals surface area (Å²) in [7, 11) is 0. The molecule has 2 aromatic carbocycles. The van der Waals surface area contributed by atoms with Crippen LogP contribution in [0.1, 0.15) is 152 Å². The second-order valence-corrected chi connectivity index (χ2v) is 13.3. The molecule has 3 heteroatoms. The Morgan fingerprint density at radius 1 is 0.605 bits per heavy atom. The first kappa shape index (κ1) is 32.2. The van der Waals surface area contributed by atoms with Crippen LogP contribution in [0.25, 0.3) is 0 Å². The van der Waals surface area contributed by atoms with Gasteiger partial charge in [-0.2, -0.15) is 0 Å². The molecule has 2 aromatic rings. The molecule has 0 saturated heterocycles. The number of unbranched alkanes of at least 4 members (excludes halogenated alkanes) is 5. The predicted molar refractivity (Wildman–Crippen MR) is 163 cm³/mol. The molecule has 0 heterocycles. The van der Waals surface area contributed by atoms with Crippen LogP contribution in [0.4, 0.5) is 0 Å². The number of aliphatic hydroxyl groups excluding tert-OH is 1. The average Bonchev–Trinajstić information content (AvgIpc) is 2.83. The smallest absolute Gasteiger partial charge is 0.123 e. The van der Waals surface area contributed by atoms with Crippen molar-refractivity contribution in [3.05, 3.63) is 57.6 Å². The SMILES string of the molecule is CCCCCCc1cc(C(CCC)c2cc(CCCCCO)cc(C(C)(C)C)c2O)c(O)c(C(C)(C)C)c1. The number of hydrogen-bond acceptors (Lipinski definition) is 3. The lowest BCUT2D eigenvalue weighted by atomic mass is 9.76. The number of aryl methyl sites for hydroxylation is 2. The lowest BCUT2D eigenvalue weighted by molar-refractivity contribution is 0.283. The lowest BCUT2D eigenvalue weighted by Crippen LogP contribution is -2.16. The zero-order valence-corrected chi connectivity index (χ0v) is 25.7. The highest BCUT2D eigenvalue weighted by atomic mass is 16.3. The maximum Gasteiger partial charge on any atom is 0.123 e. The van der Waals surface area contributed by atoms with Gasteiger partial charge in [-0.3, -0.25) is 0 Å². The molecule has 1 atom stereocenters. The summed E-state index contributed by atoms with van der Waals surface area (Å²) in [6.45, 7) is 17.6. The maximum atomic E-state index is 11.7. The van der Waals surface area contributed by atoms with Crippen molar-refractivity contribution in [2.45, 2.75) is 143 Å². The number of phenolic OH excluding ortho intramolecular Hbond substituents is 2. The molecule has 0 bridgehead atoms. The van der Waals surface area contributed by atoms with Crippen molar-refractivity contribution < 1.29 is 15.3 Å². The summed E-state index contributed by atoms with van der Waals surface area (Å²) < 4.78 is 0. The van der Waals surface area contributed by atoms with Gasteiger partial charge in [-0.15, -0.1) is 0 Å². The van der Waals surface area contributed by atoms with Crippen molar-refractivity contribution in [2.24, 2.45) is 0 Å². The molecule has 3 nitrogen and oxygen atoms in total. The monoisotopic (exact) mass is 524 g/mol. The van der Waals surface area contributed by atoms with Gasteiger partial charge in [0.05, 0.1) is 0 Å². The second kappa shape index (κ2) is 14.4. The van der Waals surface area contributed by atoms with Gasteiger partial charge in [0.1, 0.15) is 11.5 Å². The van der Waals surface area contributed by atoms with Crippen LogP contribution in [0.5, 0.6) is 11.5 Å². The number of hydrogen-bond donors (Lipinski definition) is 3. The molecule has 1 unspecified atom stereocenters. The van der Waals surface area contributed by atoms with Crippen molar-refractivity contribution >= 4 is 0 Å². The molecule has 0 spiro atoms. The average molecular weight is 525 g/mol. The first-order valence-electron chi connectivity index (χ1n) is 15.2. The van der Waals surface area contributed by atoms with E-state index in [9.17, 15) is 15.3 Å². The standard InChI is InChI=1S/C35H56O3/c1-9-11-12-14-18-25-21-28(32(37)30(23-25)34(3,4)5)27(17-10-2)29-22-26(19-15-13-16-20-36)24-31(33(29)38)35(6,7)8/h21-24,27,36-38H,9-20H2,1-8H3. The van der Waals surface area contributed by atoms with Crippen LogP contribution in [-0.2, 0) is 23.7 Å². The Bertz CT molecular complexity index is 928. The van der Waals surface area contributed by atoms with Crippen LogP contribution < -0.4 is 0 Å². The van der Waals surface area contributed by atoms with Gasteiger partial charge in [-0.25, -0.2) is 0 Å². The van der Waals surface area contributed by atoms with Crippen LogP contribution >= 0.6 is 0 Å². The quantitative estimate of drug-likeness (QED) is 0.216. The van der Waals surface area contributed by atoms with Crippen molar-refractivity contribution in [2.75, 3.05) is 6.61 Å². The molecule has 0 amide bonds. The Morgan fingerprint density at radius 2 is 1.05 bits per heavy atom. The van der Waals surface area contributed by atoms with Gasteiger partial charge in [0.15, 0.2) is 0 Å². The molecule has 0 aliphatic heterocycles. The number of benzene rings is 2. The summed E-state index contributed by atoms with van der Waals surface area (Å²) in [6, 6.07) is 8.80. The summed E-state index contributed by atoms with van der Waals surface area (Å²) in [6.07, 6.45) is 11.4. The van der Waals surface area contributed by atoms with E-state index in [0.29, 0.717) is 11.5 Å². The normalized spacial score (nSPS) is 13.2. The summed E-state index contributed by atoms with van der Waals surface area (Å²) in [5.41, 5.74) is 6.01. The van der Waals surface area contributed by atoms with E-state index in [4.69, 9.17) is 0 Å². The third kappa shape index (κ3) is 8.76. The van der Waals surface area contributed by atoms with Gasteiger partial charge in [-0.1, -0.05) is 112 Å². The summed E-state index contributed by atoms with van der Waals surface area (Å²) in [5, 5.41) is 32.6. The molecule has 214 valence electrons. The van der Waals surface area contributed by atoms with E-state index in [0.717, 1.165) is 73.6 Å². The zero-order valence-electron chi connectivity index (χ0n) is 25.7. The Morgan fingerprint density at radius 3 is 1.42 bits per heavy atom. The van der Waals surface area contributed by atoms with Gasteiger partial charge in [0.2, 0.25) is 0 Å². The Hall–Kier alpha value is -2.00. The first-order valence-corrected chi connectivity index (χ1v) is 15.2. The number of aromatic hydroxyl groups is 2. The van der Waals surface area contributed by atoms with Gasteiger partial charge >= 0.3 is 0 Å². The molecular weight excluding hydrogens is 468 g/mol. The molecule has 0 aromatic heterocycles. The molecule has 3 N–H and O–H groups in total. The van der Waals surface area contributed by atoms with E-state index in [1.165, 1.54) is 30.4 Å². The van der Waals surface area contributed by atoms with Gasteiger partial charge < -0.3 is 15.3 Å². The molecule has 0 aliphatic rings. The highest BCUT2D eigenvalue weighted by molar-refractivity contribution is 5.56. The minimum atomic E-state index is -0.198. The second-order valence-electron chi connectivity index (χ2n) is 13.3. The fraction of sp³-hybridized carbons (Fsp3) is 0.657. The van der Waals surface area contributed by atoms with Crippen molar-refractivity contribution in [3.8, 4) is 11.5 Å². The molecule has 0 aliphatic carbocycles. The highest BCUT2D eigenvalue weighted by Gasteiger charge is 2.29. The van der Waals surface area contributed by atoms with E-state index in [-0.39, 0.29) is 23.4 Å². The zero-order chi connectivity index (χ0) is 28.5. The molecular formula is C35H56O3. The van der Waals surface area contributed by atoms with E-state index in [1.54, 1.807) is 0 Å². The topological polar surface area (TPSA) is 60.7 Å². The minimum absolute atomic E-state index is 0.0739. The number of aliphatic hydroxyl groups is 1. The van der Waals surface area contributed by atoms with E-state index in [1.807, 2.05) is 0 Å². The van der Waals surface area contributed by atoms with Crippen LogP contribution in [0.2, 0.25) is 0 Å². The van der Waals surface area contributed by atoms with E-state index >= 15 is 0 Å². The molecule has 2 rings (SSSR count). The summed E-state index contributed by atoms with van der Waals surface area (Å²) in [5.74, 6) is 0.689.